The van der Waals surface area contributed by atoms with E-state index < -0.39 is 6.09 Å². The van der Waals surface area contributed by atoms with Crippen molar-refractivity contribution in [1.82, 2.24) is 9.47 Å². The topological polar surface area (TPSA) is 73.2 Å². The second kappa shape index (κ2) is 7.82. The highest BCUT2D eigenvalue weighted by Gasteiger charge is 2.25. The molecule has 5 rings (SSSR count). The number of amides is 1. The van der Waals surface area contributed by atoms with Crippen LogP contribution in [0.5, 0.6) is 17.2 Å². The van der Waals surface area contributed by atoms with Gasteiger partial charge in [-0.25, -0.2) is 4.79 Å². The van der Waals surface area contributed by atoms with Crippen molar-refractivity contribution in [3.63, 3.8) is 0 Å². The summed E-state index contributed by atoms with van der Waals surface area (Å²) < 4.78 is 18.9. The van der Waals surface area contributed by atoms with Crippen LogP contribution in [-0.2, 0) is 6.54 Å². The average molecular weight is 408 g/mol. The number of piperidine rings is 1. The standard InChI is InChI=1S/C23H24N2O5/c26-23(27)24-9-7-16(8-10-24)19-14-25(20-4-2-1-3-18(19)20)11-12-28-17-5-6-21-22(13-17)30-15-29-21/h1-6,13-14,16H,7-12,15H2,(H,26,27). The Morgan fingerprint density at radius 1 is 1.10 bits per heavy atom. The lowest BCUT2D eigenvalue weighted by Gasteiger charge is -2.29. The Balaban J connectivity index is 1.30. The summed E-state index contributed by atoms with van der Waals surface area (Å²) in [5.74, 6) is 2.60. The van der Waals surface area contributed by atoms with Gasteiger partial charge in [0.25, 0.3) is 0 Å². The summed E-state index contributed by atoms with van der Waals surface area (Å²) in [7, 11) is 0. The fourth-order valence-corrected chi connectivity index (χ4v) is 4.40. The Bertz CT molecular complexity index is 1070. The summed E-state index contributed by atoms with van der Waals surface area (Å²) in [6.45, 7) is 2.69. The first kappa shape index (κ1) is 18.7. The van der Waals surface area contributed by atoms with Crippen molar-refractivity contribution < 1.29 is 24.1 Å². The molecular weight excluding hydrogens is 384 g/mol. The molecule has 1 N–H and O–H groups in total. The summed E-state index contributed by atoms with van der Waals surface area (Å²) in [5.41, 5.74) is 2.49. The smallest absolute Gasteiger partial charge is 0.407 e. The van der Waals surface area contributed by atoms with Gasteiger partial charge in [-0.3, -0.25) is 0 Å². The predicted molar refractivity (Wildman–Crippen MR) is 112 cm³/mol. The molecule has 2 aromatic carbocycles. The number of ether oxygens (including phenoxy) is 3. The van der Waals surface area contributed by atoms with Gasteiger partial charge in [0.05, 0.1) is 6.54 Å². The molecule has 3 heterocycles. The first-order chi connectivity index (χ1) is 14.7. The van der Waals surface area contributed by atoms with Crippen molar-refractivity contribution in [3.8, 4) is 17.2 Å². The molecule has 156 valence electrons. The van der Waals surface area contributed by atoms with E-state index in [0.717, 1.165) is 30.9 Å². The molecule has 0 atom stereocenters. The lowest BCUT2D eigenvalue weighted by molar-refractivity contribution is 0.132. The maximum absolute atomic E-state index is 11.2. The molecule has 0 unspecified atom stereocenters. The van der Waals surface area contributed by atoms with Crippen LogP contribution in [0.3, 0.4) is 0 Å². The van der Waals surface area contributed by atoms with Gasteiger partial charge in [-0.1, -0.05) is 18.2 Å². The first-order valence-corrected chi connectivity index (χ1v) is 10.3. The zero-order valence-electron chi connectivity index (χ0n) is 16.6. The van der Waals surface area contributed by atoms with E-state index in [1.807, 2.05) is 24.3 Å². The molecule has 2 aliphatic rings. The molecule has 1 saturated heterocycles. The van der Waals surface area contributed by atoms with Crippen LogP contribution >= 0.6 is 0 Å². The monoisotopic (exact) mass is 408 g/mol. The Kier molecular flexibility index (Phi) is 4.86. The molecule has 0 radical (unpaired) electrons. The van der Waals surface area contributed by atoms with Gasteiger partial charge < -0.3 is 28.8 Å². The van der Waals surface area contributed by atoms with Crippen LogP contribution in [0.4, 0.5) is 4.79 Å². The molecule has 1 fully saturated rings. The van der Waals surface area contributed by atoms with Gasteiger partial charge >= 0.3 is 6.09 Å². The third kappa shape index (κ3) is 3.51. The van der Waals surface area contributed by atoms with E-state index in [4.69, 9.17) is 14.2 Å². The number of fused-ring (bicyclic) bond motifs is 2. The molecule has 0 aliphatic carbocycles. The molecule has 3 aromatic rings. The molecule has 0 spiro atoms. The van der Waals surface area contributed by atoms with Crippen molar-refractivity contribution in [1.29, 1.82) is 0 Å². The minimum absolute atomic E-state index is 0.252. The summed E-state index contributed by atoms with van der Waals surface area (Å²) in [5, 5.41) is 10.5. The predicted octanol–water partition coefficient (Wildman–Crippen LogP) is 4.31. The van der Waals surface area contributed by atoms with Gasteiger partial charge in [0.1, 0.15) is 12.4 Å². The minimum Gasteiger partial charge on any atom is -0.492 e. The lowest BCUT2D eigenvalue weighted by Crippen LogP contribution is -2.36. The number of likely N-dealkylation sites (tertiary alicyclic amines) is 1. The van der Waals surface area contributed by atoms with E-state index in [2.05, 4.69) is 29.0 Å². The Morgan fingerprint density at radius 3 is 2.73 bits per heavy atom. The molecule has 30 heavy (non-hydrogen) atoms. The third-order valence-corrected chi connectivity index (χ3v) is 5.97. The van der Waals surface area contributed by atoms with E-state index in [0.29, 0.717) is 31.4 Å². The van der Waals surface area contributed by atoms with Crippen molar-refractivity contribution in [3.05, 3.63) is 54.2 Å². The minimum atomic E-state index is -0.823. The number of carbonyl (C=O) groups is 1. The molecule has 0 bridgehead atoms. The van der Waals surface area contributed by atoms with Crippen LogP contribution in [0, 0.1) is 0 Å². The zero-order chi connectivity index (χ0) is 20.5. The fraction of sp³-hybridized carbons (Fsp3) is 0.348. The van der Waals surface area contributed by atoms with Gasteiger partial charge in [-0.05, 0) is 42.5 Å². The normalized spacial score (nSPS) is 16.2. The second-order valence-corrected chi connectivity index (χ2v) is 7.70. The van der Waals surface area contributed by atoms with Crippen molar-refractivity contribution in [2.45, 2.75) is 25.3 Å². The number of hydrogen-bond donors (Lipinski definition) is 1. The number of hydrogen-bond acceptors (Lipinski definition) is 4. The molecule has 0 saturated carbocycles. The van der Waals surface area contributed by atoms with Crippen LogP contribution in [0.1, 0.15) is 24.3 Å². The summed E-state index contributed by atoms with van der Waals surface area (Å²) in [4.78, 5) is 12.7. The fourth-order valence-electron chi connectivity index (χ4n) is 4.40. The first-order valence-electron chi connectivity index (χ1n) is 10.3. The largest absolute Gasteiger partial charge is 0.492 e. The maximum atomic E-state index is 11.2. The van der Waals surface area contributed by atoms with Crippen molar-refractivity contribution >= 4 is 17.0 Å². The zero-order valence-corrected chi connectivity index (χ0v) is 16.6. The van der Waals surface area contributed by atoms with Gasteiger partial charge in [0.15, 0.2) is 11.5 Å². The Hall–Kier alpha value is -3.35. The van der Waals surface area contributed by atoms with Crippen LogP contribution in [0.2, 0.25) is 0 Å². The second-order valence-electron chi connectivity index (χ2n) is 7.70. The van der Waals surface area contributed by atoms with E-state index in [-0.39, 0.29) is 6.79 Å². The maximum Gasteiger partial charge on any atom is 0.407 e. The highest BCUT2D eigenvalue weighted by Crippen LogP contribution is 2.36. The number of para-hydroxylation sites is 1. The van der Waals surface area contributed by atoms with Crippen LogP contribution in [-0.4, -0.2) is 47.2 Å². The SMILES string of the molecule is O=C(O)N1CCC(c2cn(CCOc3ccc4c(c3)OCO4)c3ccccc23)CC1. The highest BCUT2D eigenvalue weighted by molar-refractivity contribution is 5.84. The number of nitrogens with zero attached hydrogens (tertiary/aromatic N) is 2. The van der Waals surface area contributed by atoms with Gasteiger partial charge in [0, 0.05) is 36.3 Å². The van der Waals surface area contributed by atoms with Gasteiger partial charge in [-0.2, -0.15) is 0 Å². The van der Waals surface area contributed by atoms with Crippen molar-refractivity contribution in [2.75, 3.05) is 26.5 Å². The van der Waals surface area contributed by atoms with Crippen LogP contribution < -0.4 is 14.2 Å². The Morgan fingerprint density at radius 2 is 1.90 bits per heavy atom. The number of benzene rings is 2. The van der Waals surface area contributed by atoms with Gasteiger partial charge in [-0.15, -0.1) is 0 Å². The average Bonchev–Trinajstić information content (AvgIpc) is 3.38. The van der Waals surface area contributed by atoms with Crippen molar-refractivity contribution in [2.24, 2.45) is 0 Å². The molecule has 7 heteroatoms. The summed E-state index contributed by atoms with van der Waals surface area (Å²) in [6, 6.07) is 14.0. The third-order valence-electron chi connectivity index (χ3n) is 5.97. The quantitative estimate of drug-likeness (QED) is 0.681. The lowest BCUT2D eigenvalue weighted by atomic mass is 9.89. The van der Waals surface area contributed by atoms with Crippen LogP contribution in [0.25, 0.3) is 10.9 Å². The highest BCUT2D eigenvalue weighted by atomic mass is 16.7. The van der Waals surface area contributed by atoms with Gasteiger partial charge in [0.2, 0.25) is 6.79 Å². The van der Waals surface area contributed by atoms with E-state index in [9.17, 15) is 9.90 Å². The number of carboxylic acid groups (broad SMARTS) is 1. The molecule has 1 amide bonds. The number of rotatable bonds is 5. The Labute approximate surface area is 174 Å². The molecule has 1 aromatic heterocycles. The molecular formula is C23H24N2O5. The molecule has 7 nitrogen and oxygen atoms in total. The summed E-state index contributed by atoms with van der Waals surface area (Å²) in [6.07, 6.45) is 3.10. The van der Waals surface area contributed by atoms with Crippen LogP contribution in [0.15, 0.2) is 48.7 Å². The van der Waals surface area contributed by atoms with E-state index >= 15 is 0 Å². The number of aromatic nitrogens is 1. The summed E-state index contributed by atoms with van der Waals surface area (Å²) >= 11 is 0. The van der Waals surface area contributed by atoms with E-state index in [1.165, 1.54) is 21.4 Å². The molecule has 2 aliphatic heterocycles. The van der Waals surface area contributed by atoms with E-state index in [1.54, 1.807) is 0 Å².